The molecule has 0 saturated heterocycles. The first-order chi connectivity index (χ1) is 14.1. The molecule has 0 saturated carbocycles. The summed E-state index contributed by atoms with van der Waals surface area (Å²) in [5.74, 6) is -3.10. The molecule has 1 rings (SSSR count). The third-order valence-electron chi connectivity index (χ3n) is 3.72. The minimum absolute atomic E-state index is 0.365. The zero-order valence-corrected chi connectivity index (χ0v) is 16.1. The number of rotatable bonds is 12. The number of esters is 2. The average molecular weight is 423 g/mol. The van der Waals surface area contributed by atoms with Crippen LogP contribution in [0.4, 0.5) is 0 Å². The SMILES string of the molecule is C=CC(=O)OCCn1c(=O)n(CCOC(=O)C=C)c(=O)n(CCC(=O)C(=C)O)c1=O. The van der Waals surface area contributed by atoms with E-state index in [9.17, 15) is 28.8 Å². The van der Waals surface area contributed by atoms with Crippen LogP contribution in [0.15, 0.2) is 52.0 Å². The zero-order valence-electron chi connectivity index (χ0n) is 16.1. The summed E-state index contributed by atoms with van der Waals surface area (Å²) in [7, 11) is 0. The van der Waals surface area contributed by atoms with Crippen molar-refractivity contribution in [3.05, 3.63) is 69.1 Å². The molecule has 0 fully saturated rings. The summed E-state index contributed by atoms with van der Waals surface area (Å²) in [4.78, 5) is 71.6. The van der Waals surface area contributed by atoms with Crippen LogP contribution in [-0.2, 0) is 43.5 Å². The third kappa shape index (κ3) is 6.29. The number of aromatic nitrogens is 3. The lowest BCUT2D eigenvalue weighted by molar-refractivity contribution is -0.138. The summed E-state index contributed by atoms with van der Waals surface area (Å²) < 4.78 is 11.3. The second-order valence-electron chi connectivity index (χ2n) is 5.67. The topological polar surface area (TPSA) is 156 Å². The van der Waals surface area contributed by atoms with Gasteiger partial charge in [0, 0.05) is 25.1 Å². The highest BCUT2D eigenvalue weighted by Gasteiger charge is 2.17. The first-order valence-electron chi connectivity index (χ1n) is 8.58. The molecular formula is C18H21N3O9. The summed E-state index contributed by atoms with van der Waals surface area (Å²) >= 11 is 0. The van der Waals surface area contributed by atoms with Gasteiger partial charge in [-0.1, -0.05) is 19.7 Å². The van der Waals surface area contributed by atoms with Crippen molar-refractivity contribution in [1.82, 2.24) is 13.7 Å². The van der Waals surface area contributed by atoms with Crippen LogP contribution < -0.4 is 17.1 Å². The molecule has 0 aliphatic heterocycles. The van der Waals surface area contributed by atoms with E-state index < -0.39 is 53.5 Å². The predicted octanol–water partition coefficient (Wildman–Crippen LogP) is -1.34. The van der Waals surface area contributed by atoms with E-state index in [4.69, 9.17) is 14.6 Å². The van der Waals surface area contributed by atoms with E-state index in [0.717, 1.165) is 12.2 Å². The number of nitrogens with zero attached hydrogens (tertiary/aromatic N) is 3. The molecule has 0 atom stereocenters. The van der Waals surface area contributed by atoms with Crippen molar-refractivity contribution in [3.63, 3.8) is 0 Å². The molecule has 162 valence electrons. The monoisotopic (exact) mass is 423 g/mol. The molecule has 0 aromatic carbocycles. The van der Waals surface area contributed by atoms with E-state index in [1.54, 1.807) is 0 Å². The lowest BCUT2D eigenvalue weighted by Gasteiger charge is -2.14. The molecule has 12 nitrogen and oxygen atoms in total. The first-order valence-corrected chi connectivity index (χ1v) is 8.58. The molecule has 0 spiro atoms. The van der Waals surface area contributed by atoms with Gasteiger partial charge in [-0.25, -0.2) is 37.7 Å². The van der Waals surface area contributed by atoms with E-state index in [2.05, 4.69) is 19.7 Å². The number of aliphatic hydroxyl groups is 1. The quantitative estimate of drug-likeness (QED) is 0.244. The maximum atomic E-state index is 12.6. The molecule has 0 aliphatic carbocycles. The Labute approximate surface area is 169 Å². The van der Waals surface area contributed by atoms with Gasteiger partial charge in [0.15, 0.2) is 11.5 Å². The zero-order chi connectivity index (χ0) is 22.8. The van der Waals surface area contributed by atoms with Gasteiger partial charge in [0.25, 0.3) is 0 Å². The van der Waals surface area contributed by atoms with Crippen LogP contribution in [0.1, 0.15) is 6.42 Å². The van der Waals surface area contributed by atoms with Gasteiger partial charge in [0.2, 0.25) is 0 Å². The minimum atomic E-state index is -1.05. The van der Waals surface area contributed by atoms with Crippen molar-refractivity contribution in [3.8, 4) is 0 Å². The highest BCUT2D eigenvalue weighted by Crippen LogP contribution is 1.94. The predicted molar refractivity (Wildman–Crippen MR) is 103 cm³/mol. The van der Waals surface area contributed by atoms with Gasteiger partial charge < -0.3 is 14.6 Å². The van der Waals surface area contributed by atoms with Crippen LogP contribution >= 0.6 is 0 Å². The van der Waals surface area contributed by atoms with Crippen LogP contribution in [0.2, 0.25) is 0 Å². The Bertz CT molecular complexity index is 978. The van der Waals surface area contributed by atoms with Crippen LogP contribution in [0.5, 0.6) is 0 Å². The Hall–Kier alpha value is -3.96. The van der Waals surface area contributed by atoms with Crippen molar-refractivity contribution >= 4 is 17.7 Å². The second-order valence-corrected chi connectivity index (χ2v) is 5.67. The highest BCUT2D eigenvalue weighted by molar-refractivity contribution is 5.92. The second kappa shape index (κ2) is 11.1. The number of ketones is 1. The van der Waals surface area contributed by atoms with Gasteiger partial charge in [0.1, 0.15) is 13.2 Å². The lowest BCUT2D eigenvalue weighted by Crippen LogP contribution is -2.55. The van der Waals surface area contributed by atoms with E-state index in [0.29, 0.717) is 13.7 Å². The molecular weight excluding hydrogens is 402 g/mol. The Morgan fingerprint density at radius 1 is 0.800 bits per heavy atom. The summed E-state index contributed by atoms with van der Waals surface area (Å²) in [5, 5.41) is 9.09. The van der Waals surface area contributed by atoms with E-state index >= 15 is 0 Å². The van der Waals surface area contributed by atoms with Crippen molar-refractivity contribution in [2.24, 2.45) is 0 Å². The van der Waals surface area contributed by atoms with Crippen LogP contribution in [-0.4, -0.2) is 49.7 Å². The number of hydrogen-bond acceptors (Lipinski definition) is 9. The van der Waals surface area contributed by atoms with Gasteiger partial charge in [-0.15, -0.1) is 0 Å². The smallest absolute Gasteiger partial charge is 0.336 e. The van der Waals surface area contributed by atoms with Crippen molar-refractivity contribution in [2.75, 3.05) is 13.2 Å². The number of allylic oxidation sites excluding steroid dienone is 1. The van der Waals surface area contributed by atoms with Gasteiger partial charge >= 0.3 is 29.0 Å². The van der Waals surface area contributed by atoms with Crippen LogP contribution in [0.25, 0.3) is 0 Å². The molecule has 0 bridgehead atoms. The Balaban J connectivity index is 3.31. The maximum Gasteiger partial charge on any atom is 0.336 e. The molecule has 1 aromatic heterocycles. The van der Waals surface area contributed by atoms with Gasteiger partial charge in [-0.05, 0) is 0 Å². The van der Waals surface area contributed by atoms with Crippen molar-refractivity contribution in [2.45, 2.75) is 26.1 Å². The van der Waals surface area contributed by atoms with Crippen LogP contribution in [0.3, 0.4) is 0 Å². The van der Waals surface area contributed by atoms with Gasteiger partial charge in [-0.3, -0.25) is 4.79 Å². The average Bonchev–Trinajstić information content (AvgIpc) is 2.71. The summed E-state index contributed by atoms with van der Waals surface area (Å²) in [6, 6.07) is 0. The standard InChI is InChI=1S/C18H21N3O9/c1-4-14(24)29-10-8-20-16(26)19(7-6-13(23)12(3)22)17(27)21(18(20)28)9-11-30-15(25)5-2/h4-5,22H,1-3,6-11H2. The molecule has 30 heavy (non-hydrogen) atoms. The number of hydrogen-bond donors (Lipinski definition) is 1. The fraction of sp³-hybridized carbons (Fsp3) is 0.333. The largest absolute Gasteiger partial charge is 0.505 e. The molecule has 0 aliphatic rings. The lowest BCUT2D eigenvalue weighted by atomic mass is 10.2. The first kappa shape index (κ1) is 24.1. The van der Waals surface area contributed by atoms with Gasteiger partial charge in [-0.2, -0.15) is 0 Å². The van der Waals surface area contributed by atoms with Crippen LogP contribution in [0, 0.1) is 0 Å². The van der Waals surface area contributed by atoms with E-state index in [1.165, 1.54) is 0 Å². The fourth-order valence-corrected chi connectivity index (χ4v) is 2.21. The summed E-state index contributed by atoms with van der Waals surface area (Å²) in [5.41, 5.74) is -3.12. The van der Waals surface area contributed by atoms with Crippen molar-refractivity contribution in [1.29, 1.82) is 0 Å². The number of ether oxygens (including phenoxy) is 2. The van der Waals surface area contributed by atoms with Crippen molar-refractivity contribution < 1.29 is 29.0 Å². The van der Waals surface area contributed by atoms with E-state index in [1.807, 2.05) is 0 Å². The number of aliphatic hydroxyl groups excluding tert-OH is 1. The Morgan fingerprint density at radius 2 is 1.17 bits per heavy atom. The number of Topliss-reactive ketones (excluding diaryl/α,β-unsaturated/α-hetero) is 1. The third-order valence-corrected chi connectivity index (χ3v) is 3.72. The normalized spacial score (nSPS) is 10.1. The minimum Gasteiger partial charge on any atom is -0.505 e. The fourth-order valence-electron chi connectivity index (χ4n) is 2.21. The molecule has 1 N–H and O–H groups in total. The van der Waals surface area contributed by atoms with Gasteiger partial charge in [0.05, 0.1) is 13.1 Å². The molecule has 1 heterocycles. The molecule has 1 aromatic rings. The highest BCUT2D eigenvalue weighted by atomic mass is 16.5. The molecule has 0 radical (unpaired) electrons. The number of carbonyl (C=O) groups is 3. The molecule has 0 unspecified atom stereocenters. The summed E-state index contributed by atoms with van der Waals surface area (Å²) in [6.45, 7) is 7.53. The Kier molecular flexibility index (Phi) is 8.94. The Morgan fingerprint density at radius 3 is 1.50 bits per heavy atom. The molecule has 0 amide bonds. The summed E-state index contributed by atoms with van der Waals surface area (Å²) in [6.07, 6.45) is 1.35. The number of carbonyl (C=O) groups excluding carboxylic acids is 3. The molecule has 12 heteroatoms. The maximum absolute atomic E-state index is 12.6. The van der Waals surface area contributed by atoms with E-state index in [-0.39, 0.29) is 26.3 Å².